The Morgan fingerprint density at radius 2 is 2.04 bits per heavy atom. The van der Waals surface area contributed by atoms with Crippen molar-refractivity contribution in [3.63, 3.8) is 0 Å². The molecule has 0 amide bonds. The fourth-order valence-corrected chi connectivity index (χ4v) is 5.69. The first kappa shape index (κ1) is 18.6. The fraction of sp³-hybridized carbons (Fsp3) is 0.941. The molecule has 6 heteroatoms. The second kappa shape index (κ2) is 7.86. The fourth-order valence-electron chi connectivity index (χ4n) is 3.83. The lowest BCUT2D eigenvalue weighted by molar-refractivity contribution is 0.111. The van der Waals surface area contributed by atoms with Crippen molar-refractivity contribution in [2.24, 2.45) is 22.2 Å². The molecule has 0 aromatic heterocycles. The maximum Gasteiger partial charge on any atom is 0.191 e. The van der Waals surface area contributed by atoms with E-state index < -0.39 is 9.84 Å². The summed E-state index contributed by atoms with van der Waals surface area (Å²) in [6.45, 7) is 9.03. The predicted octanol–water partition coefficient (Wildman–Crippen LogP) is 2.19. The first-order valence-electron chi connectivity index (χ1n) is 9.07. The maximum absolute atomic E-state index is 11.5. The van der Waals surface area contributed by atoms with Gasteiger partial charge in [0.25, 0.3) is 0 Å². The van der Waals surface area contributed by atoms with Crippen LogP contribution in [0.3, 0.4) is 0 Å². The van der Waals surface area contributed by atoms with E-state index in [4.69, 9.17) is 4.99 Å². The van der Waals surface area contributed by atoms with Crippen molar-refractivity contribution >= 4 is 15.8 Å². The molecule has 0 aromatic rings. The van der Waals surface area contributed by atoms with Crippen molar-refractivity contribution in [2.45, 2.75) is 52.9 Å². The van der Waals surface area contributed by atoms with Crippen LogP contribution in [0.15, 0.2) is 4.99 Å². The highest BCUT2D eigenvalue weighted by Gasteiger charge is 2.37. The lowest BCUT2D eigenvalue weighted by atomic mass is 9.64. The van der Waals surface area contributed by atoms with Crippen LogP contribution >= 0.6 is 0 Å². The zero-order valence-electron chi connectivity index (χ0n) is 14.9. The van der Waals surface area contributed by atoms with Crippen LogP contribution in [-0.2, 0) is 9.84 Å². The van der Waals surface area contributed by atoms with E-state index in [9.17, 15) is 8.42 Å². The first-order chi connectivity index (χ1) is 10.8. The number of hydrogen-bond donors (Lipinski definition) is 2. The molecule has 2 rings (SSSR count). The van der Waals surface area contributed by atoms with Gasteiger partial charge in [0, 0.05) is 19.6 Å². The van der Waals surface area contributed by atoms with Gasteiger partial charge in [-0.2, -0.15) is 0 Å². The molecule has 0 bridgehead atoms. The lowest BCUT2D eigenvalue weighted by Gasteiger charge is -2.42. The third-order valence-corrected chi connectivity index (χ3v) is 6.89. The zero-order valence-corrected chi connectivity index (χ0v) is 15.7. The van der Waals surface area contributed by atoms with E-state index in [1.165, 1.54) is 25.7 Å². The van der Waals surface area contributed by atoms with Crippen LogP contribution in [-0.4, -0.2) is 45.5 Å². The molecule has 1 aliphatic heterocycles. The number of nitrogens with zero attached hydrogens (tertiary/aromatic N) is 1. The van der Waals surface area contributed by atoms with Gasteiger partial charge in [-0.1, -0.05) is 20.3 Å². The highest BCUT2D eigenvalue weighted by Crippen LogP contribution is 2.46. The monoisotopic (exact) mass is 343 g/mol. The van der Waals surface area contributed by atoms with E-state index >= 15 is 0 Å². The average Bonchev–Trinajstić information content (AvgIpc) is 2.77. The molecule has 5 nitrogen and oxygen atoms in total. The van der Waals surface area contributed by atoms with Crippen molar-refractivity contribution in [1.29, 1.82) is 0 Å². The van der Waals surface area contributed by atoms with Crippen molar-refractivity contribution in [3.05, 3.63) is 0 Å². The summed E-state index contributed by atoms with van der Waals surface area (Å²) < 4.78 is 23.1. The number of rotatable bonds is 7. The standard InChI is InChI=1S/C17H33N3O2S/c1-4-18-16(19-11-15-6-9-23(21,22)12-15)20-13-17(7-5-8-17)10-14(2)3/h14-15H,4-13H2,1-3H3,(H2,18,19,20). The Morgan fingerprint density at radius 3 is 2.52 bits per heavy atom. The number of nitrogens with one attached hydrogen (secondary N) is 2. The number of hydrogen-bond acceptors (Lipinski definition) is 3. The molecule has 1 saturated heterocycles. The molecule has 1 atom stereocenters. The molecule has 0 aromatic carbocycles. The van der Waals surface area contributed by atoms with Gasteiger partial charge in [0.05, 0.1) is 11.5 Å². The average molecular weight is 344 g/mol. The second-order valence-corrected chi connectivity index (χ2v) is 10.0. The normalized spacial score (nSPS) is 26.1. The van der Waals surface area contributed by atoms with Gasteiger partial charge in [0.1, 0.15) is 0 Å². The third-order valence-electron chi connectivity index (χ3n) is 5.06. The molecule has 1 unspecified atom stereocenters. The summed E-state index contributed by atoms with van der Waals surface area (Å²) in [5, 5.41) is 6.64. The predicted molar refractivity (Wildman–Crippen MR) is 96.5 cm³/mol. The molecule has 1 heterocycles. The summed E-state index contributed by atoms with van der Waals surface area (Å²) in [4.78, 5) is 4.80. The van der Waals surface area contributed by atoms with Crippen LogP contribution in [0.2, 0.25) is 0 Å². The molecule has 1 aliphatic carbocycles. The van der Waals surface area contributed by atoms with Crippen LogP contribution in [0.1, 0.15) is 52.9 Å². The zero-order chi connectivity index (χ0) is 16.9. The summed E-state index contributed by atoms with van der Waals surface area (Å²) in [5.74, 6) is 2.43. The van der Waals surface area contributed by atoms with Crippen molar-refractivity contribution < 1.29 is 8.42 Å². The number of guanidine groups is 1. The molecule has 23 heavy (non-hydrogen) atoms. The van der Waals surface area contributed by atoms with Crippen LogP contribution < -0.4 is 10.6 Å². The molecule has 2 N–H and O–H groups in total. The summed E-state index contributed by atoms with van der Waals surface area (Å²) in [6, 6.07) is 0. The molecule has 0 spiro atoms. The van der Waals surface area contributed by atoms with Crippen molar-refractivity contribution in [2.75, 3.05) is 31.1 Å². The highest BCUT2D eigenvalue weighted by molar-refractivity contribution is 7.91. The van der Waals surface area contributed by atoms with Gasteiger partial charge >= 0.3 is 0 Å². The van der Waals surface area contributed by atoms with E-state index in [2.05, 4.69) is 31.4 Å². The van der Waals surface area contributed by atoms with Gasteiger partial charge < -0.3 is 10.6 Å². The van der Waals surface area contributed by atoms with Gasteiger partial charge in [-0.25, -0.2) is 8.42 Å². The molecule has 1 saturated carbocycles. The largest absolute Gasteiger partial charge is 0.357 e. The quantitative estimate of drug-likeness (QED) is 0.549. The maximum atomic E-state index is 11.5. The topological polar surface area (TPSA) is 70.6 Å². The molecule has 134 valence electrons. The second-order valence-electron chi connectivity index (χ2n) is 7.80. The Morgan fingerprint density at radius 1 is 1.30 bits per heavy atom. The van der Waals surface area contributed by atoms with Crippen molar-refractivity contribution in [1.82, 2.24) is 10.6 Å². The lowest BCUT2D eigenvalue weighted by Crippen LogP contribution is -2.42. The van der Waals surface area contributed by atoms with E-state index in [1.807, 2.05) is 0 Å². The Labute approximate surface area is 141 Å². The minimum Gasteiger partial charge on any atom is -0.357 e. The van der Waals surface area contributed by atoms with Crippen LogP contribution in [0.25, 0.3) is 0 Å². The summed E-state index contributed by atoms with van der Waals surface area (Å²) in [7, 11) is -2.80. The van der Waals surface area contributed by atoms with Gasteiger partial charge in [-0.05, 0) is 49.9 Å². The van der Waals surface area contributed by atoms with Gasteiger partial charge in [-0.3, -0.25) is 4.99 Å². The van der Waals surface area contributed by atoms with Crippen LogP contribution in [0, 0.1) is 17.3 Å². The SMILES string of the molecule is CCNC(=NCC1(CC(C)C)CCC1)NCC1CCS(=O)(=O)C1. The van der Waals surface area contributed by atoms with Gasteiger partial charge in [0.15, 0.2) is 15.8 Å². The summed E-state index contributed by atoms with van der Waals surface area (Å²) >= 11 is 0. The Bertz CT molecular complexity index is 510. The number of aliphatic imine (C=N–C) groups is 1. The van der Waals surface area contributed by atoms with E-state index in [-0.39, 0.29) is 5.92 Å². The van der Waals surface area contributed by atoms with E-state index in [1.54, 1.807) is 0 Å². The van der Waals surface area contributed by atoms with E-state index in [0.717, 1.165) is 25.5 Å². The van der Waals surface area contributed by atoms with Gasteiger partial charge in [0.2, 0.25) is 0 Å². The Balaban J connectivity index is 1.87. The Kier molecular flexibility index (Phi) is 6.34. The smallest absolute Gasteiger partial charge is 0.191 e. The third kappa shape index (κ3) is 5.66. The van der Waals surface area contributed by atoms with E-state index in [0.29, 0.717) is 29.4 Å². The number of sulfone groups is 1. The highest BCUT2D eigenvalue weighted by atomic mass is 32.2. The summed E-state index contributed by atoms with van der Waals surface area (Å²) in [6.07, 6.45) is 5.92. The van der Waals surface area contributed by atoms with Gasteiger partial charge in [-0.15, -0.1) is 0 Å². The Hall–Kier alpha value is -0.780. The molecule has 2 aliphatic rings. The minimum atomic E-state index is -2.80. The molecular formula is C17H33N3O2S. The minimum absolute atomic E-state index is 0.220. The molecule has 0 radical (unpaired) electrons. The first-order valence-corrected chi connectivity index (χ1v) is 10.9. The molecule has 2 fully saturated rings. The van der Waals surface area contributed by atoms with Crippen LogP contribution in [0.4, 0.5) is 0 Å². The van der Waals surface area contributed by atoms with Crippen molar-refractivity contribution in [3.8, 4) is 0 Å². The van der Waals surface area contributed by atoms with Crippen LogP contribution in [0.5, 0.6) is 0 Å². The summed E-state index contributed by atoms with van der Waals surface area (Å²) in [5.41, 5.74) is 0.396. The molecular weight excluding hydrogens is 310 g/mol.